The van der Waals surface area contributed by atoms with Gasteiger partial charge in [0.2, 0.25) is 0 Å². The summed E-state index contributed by atoms with van der Waals surface area (Å²) in [7, 11) is 1.91. The summed E-state index contributed by atoms with van der Waals surface area (Å²) in [6.45, 7) is 4.18. The number of benzene rings is 1. The molecule has 0 atom stereocenters. The zero-order valence-corrected chi connectivity index (χ0v) is 16.4. The topological polar surface area (TPSA) is 47.0 Å². The first kappa shape index (κ1) is 17.5. The third-order valence-corrected chi connectivity index (χ3v) is 5.71. The minimum absolute atomic E-state index is 0.821. The Labute approximate surface area is 162 Å². The Kier molecular flexibility index (Phi) is 4.77. The monoisotopic (exact) mass is 375 g/mol. The highest BCUT2D eigenvalue weighted by molar-refractivity contribution is 7.22. The normalized spacial score (nSPS) is 10.9. The maximum absolute atomic E-state index is 6.23. The standard InChI is InChI=1S/C22H21N3OS/c1-4-15-5-7-17(25-13-15)21-12-18-22(27-21)20(9-10-24-18)26-19-8-6-16(23-3)11-14(19)2/h5-13,23H,4H2,1-3H3. The summed E-state index contributed by atoms with van der Waals surface area (Å²) >= 11 is 1.66. The molecule has 0 bridgehead atoms. The third-order valence-electron chi connectivity index (χ3n) is 4.54. The summed E-state index contributed by atoms with van der Waals surface area (Å²) in [4.78, 5) is 10.2. The fourth-order valence-electron chi connectivity index (χ4n) is 2.94. The highest BCUT2D eigenvalue weighted by Gasteiger charge is 2.12. The summed E-state index contributed by atoms with van der Waals surface area (Å²) in [6.07, 6.45) is 4.72. The van der Waals surface area contributed by atoms with Crippen molar-refractivity contribution in [2.45, 2.75) is 20.3 Å². The van der Waals surface area contributed by atoms with E-state index in [1.807, 2.05) is 38.4 Å². The van der Waals surface area contributed by atoms with Crippen molar-refractivity contribution < 1.29 is 4.74 Å². The molecule has 0 radical (unpaired) electrons. The lowest BCUT2D eigenvalue weighted by molar-refractivity contribution is 0.485. The van der Waals surface area contributed by atoms with Crippen molar-refractivity contribution in [1.29, 1.82) is 0 Å². The second kappa shape index (κ2) is 7.37. The number of aromatic nitrogens is 2. The number of anilines is 1. The lowest BCUT2D eigenvalue weighted by Gasteiger charge is -2.10. The number of rotatable bonds is 5. The molecule has 0 saturated carbocycles. The molecule has 4 aromatic rings. The molecule has 1 aromatic carbocycles. The van der Waals surface area contributed by atoms with Gasteiger partial charge in [0.1, 0.15) is 11.5 Å². The highest BCUT2D eigenvalue weighted by Crippen LogP contribution is 2.39. The predicted molar refractivity (Wildman–Crippen MR) is 113 cm³/mol. The maximum atomic E-state index is 6.23. The average molecular weight is 375 g/mol. The molecule has 0 aliphatic carbocycles. The van der Waals surface area contributed by atoms with Gasteiger partial charge >= 0.3 is 0 Å². The van der Waals surface area contributed by atoms with Gasteiger partial charge in [0, 0.05) is 31.2 Å². The smallest absolute Gasteiger partial charge is 0.148 e. The molecule has 5 heteroatoms. The van der Waals surface area contributed by atoms with Gasteiger partial charge < -0.3 is 10.1 Å². The van der Waals surface area contributed by atoms with E-state index >= 15 is 0 Å². The molecule has 0 saturated heterocycles. The molecule has 3 aromatic heterocycles. The van der Waals surface area contributed by atoms with Gasteiger partial charge in [0.05, 0.1) is 20.8 Å². The van der Waals surface area contributed by atoms with Crippen LogP contribution in [0.5, 0.6) is 11.5 Å². The van der Waals surface area contributed by atoms with Crippen LogP contribution < -0.4 is 10.1 Å². The van der Waals surface area contributed by atoms with E-state index in [4.69, 9.17) is 4.74 Å². The molecule has 27 heavy (non-hydrogen) atoms. The molecule has 0 aliphatic rings. The van der Waals surface area contributed by atoms with E-state index in [9.17, 15) is 0 Å². The molecule has 4 rings (SSSR count). The number of hydrogen-bond acceptors (Lipinski definition) is 5. The Morgan fingerprint density at radius 2 is 1.93 bits per heavy atom. The second-order valence-electron chi connectivity index (χ2n) is 6.37. The first-order valence-electron chi connectivity index (χ1n) is 8.98. The van der Waals surface area contributed by atoms with E-state index in [2.05, 4.69) is 46.5 Å². The summed E-state index contributed by atoms with van der Waals surface area (Å²) < 4.78 is 7.26. The van der Waals surface area contributed by atoms with E-state index < -0.39 is 0 Å². The van der Waals surface area contributed by atoms with Crippen LogP contribution in [-0.2, 0) is 6.42 Å². The minimum atomic E-state index is 0.821. The molecular formula is C22H21N3OS. The van der Waals surface area contributed by atoms with Gasteiger partial charge in [0.25, 0.3) is 0 Å². The van der Waals surface area contributed by atoms with Gasteiger partial charge in [0.15, 0.2) is 0 Å². The van der Waals surface area contributed by atoms with Crippen LogP contribution in [0.4, 0.5) is 5.69 Å². The number of nitrogens with one attached hydrogen (secondary N) is 1. The second-order valence-corrected chi connectivity index (χ2v) is 7.42. The van der Waals surface area contributed by atoms with Crippen molar-refractivity contribution in [1.82, 2.24) is 9.97 Å². The highest BCUT2D eigenvalue weighted by atomic mass is 32.1. The van der Waals surface area contributed by atoms with Gasteiger partial charge in [-0.05, 0) is 54.8 Å². The van der Waals surface area contributed by atoms with Crippen LogP contribution in [0.3, 0.4) is 0 Å². The number of fused-ring (bicyclic) bond motifs is 1. The number of ether oxygens (including phenoxy) is 1. The molecule has 0 unspecified atom stereocenters. The van der Waals surface area contributed by atoms with Crippen LogP contribution in [0.15, 0.2) is 54.9 Å². The molecule has 3 heterocycles. The third kappa shape index (κ3) is 3.51. The van der Waals surface area contributed by atoms with E-state index in [0.29, 0.717) is 0 Å². The summed E-state index contributed by atoms with van der Waals surface area (Å²) in [6, 6.07) is 14.3. The van der Waals surface area contributed by atoms with Crippen LogP contribution in [0.1, 0.15) is 18.1 Å². The van der Waals surface area contributed by atoms with Crippen molar-refractivity contribution >= 4 is 27.2 Å². The summed E-state index contributed by atoms with van der Waals surface area (Å²) in [5.74, 6) is 1.67. The molecule has 0 amide bonds. The Morgan fingerprint density at radius 1 is 1.04 bits per heavy atom. The Balaban J connectivity index is 1.70. The zero-order valence-electron chi connectivity index (χ0n) is 15.6. The molecule has 0 aliphatic heterocycles. The lowest BCUT2D eigenvalue weighted by Crippen LogP contribution is -1.92. The number of aryl methyl sites for hydroxylation is 2. The van der Waals surface area contributed by atoms with Crippen LogP contribution >= 0.6 is 11.3 Å². The maximum Gasteiger partial charge on any atom is 0.148 e. The molecule has 4 nitrogen and oxygen atoms in total. The fourth-order valence-corrected chi connectivity index (χ4v) is 3.98. The molecular weight excluding hydrogens is 354 g/mol. The summed E-state index contributed by atoms with van der Waals surface area (Å²) in [5.41, 5.74) is 5.29. The van der Waals surface area contributed by atoms with Gasteiger partial charge in [-0.1, -0.05) is 13.0 Å². The molecule has 0 spiro atoms. The quantitative estimate of drug-likeness (QED) is 0.460. The predicted octanol–water partition coefficient (Wildman–Crippen LogP) is 6.06. The summed E-state index contributed by atoms with van der Waals surface area (Å²) in [5, 5.41) is 3.15. The lowest BCUT2D eigenvalue weighted by atomic mass is 10.2. The Hall–Kier alpha value is -2.92. The van der Waals surface area contributed by atoms with Crippen LogP contribution in [-0.4, -0.2) is 17.0 Å². The van der Waals surface area contributed by atoms with Gasteiger partial charge in [-0.3, -0.25) is 9.97 Å². The van der Waals surface area contributed by atoms with E-state index in [0.717, 1.165) is 50.0 Å². The van der Waals surface area contributed by atoms with E-state index in [1.165, 1.54) is 5.56 Å². The first-order valence-corrected chi connectivity index (χ1v) is 9.79. The van der Waals surface area contributed by atoms with Crippen LogP contribution in [0.2, 0.25) is 0 Å². The minimum Gasteiger partial charge on any atom is -0.455 e. The molecule has 136 valence electrons. The Morgan fingerprint density at radius 3 is 2.63 bits per heavy atom. The van der Waals surface area contributed by atoms with Crippen LogP contribution in [0.25, 0.3) is 20.8 Å². The van der Waals surface area contributed by atoms with Crippen molar-refractivity contribution in [3.63, 3.8) is 0 Å². The first-order chi connectivity index (χ1) is 13.2. The Bertz CT molecular complexity index is 1090. The van der Waals surface area contributed by atoms with E-state index in [-0.39, 0.29) is 0 Å². The molecule has 1 N–H and O–H groups in total. The van der Waals surface area contributed by atoms with Crippen LogP contribution in [0, 0.1) is 6.92 Å². The number of nitrogens with zero attached hydrogens (tertiary/aromatic N) is 2. The van der Waals surface area contributed by atoms with Gasteiger partial charge in [-0.15, -0.1) is 11.3 Å². The van der Waals surface area contributed by atoms with E-state index in [1.54, 1.807) is 17.5 Å². The molecule has 0 fully saturated rings. The average Bonchev–Trinajstić information content (AvgIpc) is 3.15. The number of thiophene rings is 1. The van der Waals surface area contributed by atoms with Crippen molar-refractivity contribution in [2.75, 3.05) is 12.4 Å². The largest absolute Gasteiger partial charge is 0.455 e. The van der Waals surface area contributed by atoms with Crippen molar-refractivity contribution in [3.05, 3.63) is 66.0 Å². The SMILES string of the molecule is CCc1ccc(-c2cc3nccc(Oc4ccc(NC)cc4C)c3s2)nc1. The fraction of sp³-hybridized carbons (Fsp3) is 0.182. The van der Waals surface area contributed by atoms with Crippen molar-refractivity contribution in [2.24, 2.45) is 0 Å². The zero-order chi connectivity index (χ0) is 18.8. The van der Waals surface area contributed by atoms with Crippen molar-refractivity contribution in [3.8, 4) is 22.1 Å². The number of hydrogen-bond donors (Lipinski definition) is 1. The van der Waals surface area contributed by atoms with Gasteiger partial charge in [-0.25, -0.2) is 0 Å². The number of pyridine rings is 2. The van der Waals surface area contributed by atoms with Gasteiger partial charge in [-0.2, -0.15) is 0 Å².